The third kappa shape index (κ3) is 3.56. The highest BCUT2D eigenvalue weighted by atomic mass is 19.1. The third-order valence-electron chi connectivity index (χ3n) is 3.19. The highest BCUT2D eigenvalue weighted by Gasteiger charge is 2.37. The minimum atomic E-state index is -0.805. The lowest BCUT2D eigenvalue weighted by molar-refractivity contribution is -0.127. The molecule has 1 saturated heterocycles. The fourth-order valence-electron chi connectivity index (χ4n) is 2.29. The first-order valence-electron chi connectivity index (χ1n) is 6.75. The molecule has 2 rings (SSSR count). The lowest BCUT2D eigenvalue weighted by Gasteiger charge is -2.23. The van der Waals surface area contributed by atoms with Gasteiger partial charge in [-0.3, -0.25) is 9.59 Å². The molecule has 0 saturated carbocycles. The highest BCUT2D eigenvalue weighted by Crippen LogP contribution is 2.28. The first kappa shape index (κ1) is 15.4. The summed E-state index contributed by atoms with van der Waals surface area (Å²) in [6.45, 7) is 5.64. The lowest BCUT2D eigenvalue weighted by Crippen LogP contribution is -2.44. The van der Waals surface area contributed by atoms with Gasteiger partial charge in [0, 0.05) is 24.6 Å². The summed E-state index contributed by atoms with van der Waals surface area (Å²) >= 11 is 0. The zero-order valence-corrected chi connectivity index (χ0v) is 12.2. The van der Waals surface area contributed by atoms with Crippen LogP contribution < -0.4 is 10.2 Å². The molecule has 0 unspecified atom stereocenters. The van der Waals surface area contributed by atoms with E-state index in [-0.39, 0.29) is 30.5 Å². The Labute approximate surface area is 122 Å². The number of nitrogens with one attached hydrogen (secondary N) is 1. The van der Waals surface area contributed by atoms with E-state index in [4.69, 9.17) is 0 Å². The zero-order chi connectivity index (χ0) is 15.8. The van der Waals surface area contributed by atoms with E-state index >= 15 is 0 Å². The molecular weight excluding hydrogens is 278 g/mol. The van der Waals surface area contributed by atoms with Crippen LogP contribution in [0.15, 0.2) is 18.2 Å². The van der Waals surface area contributed by atoms with Gasteiger partial charge >= 0.3 is 0 Å². The number of hydrogen-bond acceptors (Lipinski definition) is 2. The summed E-state index contributed by atoms with van der Waals surface area (Å²) in [7, 11) is 0. The zero-order valence-electron chi connectivity index (χ0n) is 12.2. The molecule has 1 aromatic rings. The summed E-state index contributed by atoms with van der Waals surface area (Å²) in [5.74, 6) is -2.61. The second kappa shape index (κ2) is 5.42. The number of carbonyl (C=O) groups excluding carboxylic acids is 2. The van der Waals surface area contributed by atoms with Gasteiger partial charge in [-0.15, -0.1) is 0 Å². The van der Waals surface area contributed by atoms with E-state index in [2.05, 4.69) is 5.32 Å². The van der Waals surface area contributed by atoms with E-state index in [0.717, 1.165) is 12.1 Å². The standard InChI is InChI=1S/C15H18F2N2O2/c1-15(2,3)18-14(21)9-6-13(20)19(8-9)12-5-4-10(16)7-11(12)17/h4-5,7,9H,6,8H2,1-3H3,(H,18,21)/t9-/m1/s1. The van der Waals surface area contributed by atoms with Crippen LogP contribution in [0.1, 0.15) is 27.2 Å². The maximum absolute atomic E-state index is 13.7. The minimum absolute atomic E-state index is 0.00691. The summed E-state index contributed by atoms with van der Waals surface area (Å²) in [6, 6.07) is 3.03. The van der Waals surface area contributed by atoms with E-state index in [1.165, 1.54) is 11.0 Å². The number of amides is 2. The summed E-state index contributed by atoms with van der Waals surface area (Å²) in [6.07, 6.45) is 0.0265. The van der Waals surface area contributed by atoms with Gasteiger partial charge < -0.3 is 10.2 Å². The summed E-state index contributed by atoms with van der Waals surface area (Å²) in [4.78, 5) is 25.3. The van der Waals surface area contributed by atoms with E-state index in [0.29, 0.717) is 0 Å². The number of anilines is 1. The molecule has 1 fully saturated rings. The predicted molar refractivity (Wildman–Crippen MR) is 74.7 cm³/mol. The van der Waals surface area contributed by atoms with Gasteiger partial charge in [0.2, 0.25) is 11.8 Å². The lowest BCUT2D eigenvalue weighted by atomic mass is 10.0. The van der Waals surface area contributed by atoms with Crippen LogP contribution in [-0.2, 0) is 9.59 Å². The van der Waals surface area contributed by atoms with E-state index < -0.39 is 23.1 Å². The fourth-order valence-corrected chi connectivity index (χ4v) is 2.29. The van der Waals surface area contributed by atoms with Crippen LogP contribution >= 0.6 is 0 Å². The summed E-state index contributed by atoms with van der Waals surface area (Å²) in [5.41, 5.74) is -0.387. The fraction of sp³-hybridized carbons (Fsp3) is 0.467. The number of halogens is 2. The van der Waals surface area contributed by atoms with Gasteiger partial charge in [0.05, 0.1) is 11.6 Å². The Hall–Kier alpha value is -1.98. The van der Waals surface area contributed by atoms with Crippen molar-refractivity contribution in [1.29, 1.82) is 0 Å². The van der Waals surface area contributed by atoms with Gasteiger partial charge in [-0.05, 0) is 32.9 Å². The first-order valence-corrected chi connectivity index (χ1v) is 6.75. The number of hydrogen-bond donors (Lipinski definition) is 1. The van der Waals surface area contributed by atoms with Crippen molar-refractivity contribution in [3.63, 3.8) is 0 Å². The van der Waals surface area contributed by atoms with Crippen molar-refractivity contribution in [2.45, 2.75) is 32.7 Å². The second-order valence-electron chi connectivity index (χ2n) is 6.24. The van der Waals surface area contributed by atoms with Crippen LogP contribution in [0.3, 0.4) is 0 Å². The molecule has 1 aromatic carbocycles. The van der Waals surface area contributed by atoms with Gasteiger partial charge in [-0.1, -0.05) is 0 Å². The molecule has 1 N–H and O–H groups in total. The smallest absolute Gasteiger partial charge is 0.227 e. The van der Waals surface area contributed by atoms with Crippen LogP contribution in [0, 0.1) is 17.6 Å². The Morgan fingerprint density at radius 3 is 2.57 bits per heavy atom. The van der Waals surface area contributed by atoms with Crippen molar-refractivity contribution >= 4 is 17.5 Å². The van der Waals surface area contributed by atoms with Crippen molar-refractivity contribution in [3.05, 3.63) is 29.8 Å². The molecule has 2 amide bonds. The van der Waals surface area contributed by atoms with E-state index in [9.17, 15) is 18.4 Å². The Morgan fingerprint density at radius 2 is 2.00 bits per heavy atom. The molecule has 1 aliphatic rings. The van der Waals surface area contributed by atoms with Gasteiger partial charge in [0.1, 0.15) is 11.6 Å². The Kier molecular flexibility index (Phi) is 3.98. The van der Waals surface area contributed by atoms with Gasteiger partial charge in [0.15, 0.2) is 0 Å². The number of rotatable bonds is 2. The average molecular weight is 296 g/mol. The van der Waals surface area contributed by atoms with Crippen molar-refractivity contribution in [2.75, 3.05) is 11.4 Å². The second-order valence-corrected chi connectivity index (χ2v) is 6.24. The van der Waals surface area contributed by atoms with Crippen molar-refractivity contribution in [1.82, 2.24) is 5.32 Å². The molecule has 21 heavy (non-hydrogen) atoms. The molecule has 1 aliphatic heterocycles. The molecule has 6 heteroatoms. The maximum atomic E-state index is 13.7. The van der Waals surface area contributed by atoms with Crippen LogP contribution in [0.2, 0.25) is 0 Å². The molecule has 114 valence electrons. The van der Waals surface area contributed by atoms with Crippen LogP contribution in [0.4, 0.5) is 14.5 Å². The number of benzene rings is 1. The quantitative estimate of drug-likeness (QED) is 0.910. The Balaban J connectivity index is 2.14. The number of carbonyl (C=O) groups is 2. The monoisotopic (exact) mass is 296 g/mol. The molecule has 0 bridgehead atoms. The van der Waals surface area contributed by atoms with Gasteiger partial charge in [-0.25, -0.2) is 8.78 Å². The SMILES string of the molecule is CC(C)(C)NC(=O)[C@@H]1CC(=O)N(c2ccc(F)cc2F)C1. The largest absolute Gasteiger partial charge is 0.351 e. The van der Waals surface area contributed by atoms with Gasteiger partial charge in [-0.2, -0.15) is 0 Å². The molecule has 0 radical (unpaired) electrons. The molecule has 0 aromatic heterocycles. The minimum Gasteiger partial charge on any atom is -0.351 e. The molecule has 0 aliphatic carbocycles. The highest BCUT2D eigenvalue weighted by molar-refractivity contribution is 6.00. The topological polar surface area (TPSA) is 49.4 Å². The van der Waals surface area contributed by atoms with Gasteiger partial charge in [0.25, 0.3) is 0 Å². The summed E-state index contributed by atoms with van der Waals surface area (Å²) < 4.78 is 26.7. The Bertz CT molecular complexity index is 582. The van der Waals surface area contributed by atoms with Crippen LogP contribution in [0.5, 0.6) is 0 Å². The van der Waals surface area contributed by atoms with Crippen molar-refractivity contribution in [2.24, 2.45) is 5.92 Å². The molecule has 4 nitrogen and oxygen atoms in total. The van der Waals surface area contributed by atoms with Crippen LogP contribution in [-0.4, -0.2) is 23.9 Å². The van der Waals surface area contributed by atoms with E-state index in [1.54, 1.807) is 0 Å². The molecule has 0 spiro atoms. The Morgan fingerprint density at radius 1 is 1.33 bits per heavy atom. The maximum Gasteiger partial charge on any atom is 0.227 e. The van der Waals surface area contributed by atoms with Crippen molar-refractivity contribution < 1.29 is 18.4 Å². The van der Waals surface area contributed by atoms with Crippen molar-refractivity contribution in [3.8, 4) is 0 Å². The normalized spacial score (nSPS) is 19.0. The average Bonchev–Trinajstić information content (AvgIpc) is 2.69. The predicted octanol–water partition coefficient (Wildman–Crippen LogP) is 2.23. The third-order valence-corrected chi connectivity index (χ3v) is 3.19. The molecule has 1 atom stereocenters. The summed E-state index contributed by atoms with van der Waals surface area (Å²) in [5, 5.41) is 2.81. The number of nitrogens with zero attached hydrogens (tertiary/aromatic N) is 1. The molecule has 1 heterocycles. The molecular formula is C15H18F2N2O2. The first-order chi connectivity index (χ1) is 9.67. The van der Waals surface area contributed by atoms with Crippen LogP contribution in [0.25, 0.3) is 0 Å². The van der Waals surface area contributed by atoms with E-state index in [1.807, 2.05) is 20.8 Å².